The van der Waals surface area contributed by atoms with Crippen LogP contribution < -0.4 is 14.4 Å². The summed E-state index contributed by atoms with van der Waals surface area (Å²) in [5.74, 6) is 0.789. The Hall–Kier alpha value is -2.93. The molecule has 0 bridgehead atoms. The number of anilines is 1. The van der Waals surface area contributed by atoms with E-state index in [0.717, 1.165) is 14.8 Å². The Bertz CT molecular complexity index is 1350. The van der Waals surface area contributed by atoms with Crippen molar-refractivity contribution < 1.29 is 14.3 Å². The number of nitrogens with zero attached hydrogens (tertiary/aromatic N) is 3. The molecule has 3 aromatic rings. The first-order chi connectivity index (χ1) is 17.9. The number of amides is 1. The number of hydrogen-bond donors (Lipinski definition) is 0. The van der Waals surface area contributed by atoms with E-state index in [2.05, 4.69) is 45.7 Å². The van der Waals surface area contributed by atoms with Crippen LogP contribution in [0.4, 0.5) is 5.69 Å². The topological polar surface area (TPSA) is 65.8 Å². The molecule has 0 N–H and O–H groups in total. The van der Waals surface area contributed by atoms with Gasteiger partial charge < -0.3 is 19.3 Å². The fraction of sp³-hybridized carbons (Fsp3) is 0.214. The van der Waals surface area contributed by atoms with Crippen LogP contribution in [-0.2, 0) is 11.4 Å². The van der Waals surface area contributed by atoms with Crippen LogP contribution in [0.5, 0.6) is 11.5 Å². The van der Waals surface area contributed by atoms with Crippen LogP contribution in [-0.4, -0.2) is 44.1 Å². The number of ether oxygens (including phenoxy) is 2. The molecule has 0 saturated carbocycles. The SMILES string of the molecule is COc1cc(/C=C(/C#N)C(=O)N2CCN(c3ccccc3)CC2)cc(I)c1OCc1ccc(Cl)c(Cl)c1. The summed E-state index contributed by atoms with van der Waals surface area (Å²) in [5.41, 5.74) is 2.75. The first kappa shape index (κ1) is 27.1. The van der Waals surface area contributed by atoms with Gasteiger partial charge in [0.25, 0.3) is 5.91 Å². The van der Waals surface area contributed by atoms with Crippen molar-refractivity contribution in [3.63, 3.8) is 0 Å². The van der Waals surface area contributed by atoms with Gasteiger partial charge >= 0.3 is 0 Å². The van der Waals surface area contributed by atoms with Crippen molar-refractivity contribution in [1.82, 2.24) is 4.90 Å². The molecule has 1 aliphatic heterocycles. The van der Waals surface area contributed by atoms with E-state index < -0.39 is 0 Å². The molecule has 1 heterocycles. The Balaban J connectivity index is 1.47. The molecule has 0 atom stereocenters. The van der Waals surface area contributed by atoms with Gasteiger partial charge in [-0.3, -0.25) is 4.79 Å². The molecular formula is C28H24Cl2IN3O3. The largest absolute Gasteiger partial charge is 0.493 e. The van der Waals surface area contributed by atoms with Crippen molar-refractivity contribution in [2.75, 3.05) is 38.2 Å². The molecule has 3 aromatic carbocycles. The maximum Gasteiger partial charge on any atom is 0.264 e. The normalized spacial score (nSPS) is 13.8. The average Bonchev–Trinajstić information content (AvgIpc) is 2.93. The molecule has 0 spiro atoms. The second-order valence-corrected chi connectivity index (χ2v) is 10.3. The predicted molar refractivity (Wildman–Crippen MR) is 155 cm³/mol. The van der Waals surface area contributed by atoms with Crippen molar-refractivity contribution in [3.05, 3.63) is 91.0 Å². The summed E-state index contributed by atoms with van der Waals surface area (Å²) in [5, 5.41) is 10.7. The van der Waals surface area contributed by atoms with Crippen LogP contribution in [0.2, 0.25) is 10.0 Å². The average molecular weight is 648 g/mol. The first-order valence-corrected chi connectivity index (χ1v) is 13.4. The number of para-hydroxylation sites is 1. The summed E-state index contributed by atoms with van der Waals surface area (Å²) in [6.07, 6.45) is 1.60. The highest BCUT2D eigenvalue weighted by Gasteiger charge is 2.24. The van der Waals surface area contributed by atoms with Gasteiger partial charge in [-0.15, -0.1) is 0 Å². The highest BCUT2D eigenvalue weighted by atomic mass is 127. The summed E-state index contributed by atoms with van der Waals surface area (Å²) in [4.78, 5) is 17.1. The minimum Gasteiger partial charge on any atom is -0.493 e. The number of carbonyl (C=O) groups is 1. The number of rotatable bonds is 7. The van der Waals surface area contributed by atoms with Gasteiger partial charge in [-0.05, 0) is 76.2 Å². The Morgan fingerprint density at radius 2 is 1.78 bits per heavy atom. The van der Waals surface area contributed by atoms with Crippen molar-refractivity contribution in [2.45, 2.75) is 6.61 Å². The zero-order valence-corrected chi connectivity index (χ0v) is 23.8. The van der Waals surface area contributed by atoms with Crippen LogP contribution >= 0.6 is 45.8 Å². The summed E-state index contributed by atoms with van der Waals surface area (Å²) < 4.78 is 12.4. The van der Waals surface area contributed by atoms with E-state index in [1.165, 1.54) is 0 Å². The molecule has 4 rings (SSSR count). The van der Waals surface area contributed by atoms with Gasteiger partial charge in [0.15, 0.2) is 11.5 Å². The fourth-order valence-corrected chi connectivity index (χ4v) is 5.14. The molecule has 1 amide bonds. The van der Waals surface area contributed by atoms with Crippen molar-refractivity contribution >= 4 is 63.5 Å². The maximum absolute atomic E-state index is 13.1. The number of methoxy groups -OCH3 is 1. The van der Waals surface area contributed by atoms with Crippen molar-refractivity contribution in [2.24, 2.45) is 0 Å². The molecule has 6 nitrogen and oxygen atoms in total. The van der Waals surface area contributed by atoms with E-state index in [0.29, 0.717) is 53.3 Å². The maximum atomic E-state index is 13.1. The van der Waals surface area contributed by atoms with Crippen LogP contribution in [0, 0.1) is 14.9 Å². The zero-order chi connectivity index (χ0) is 26.4. The van der Waals surface area contributed by atoms with E-state index in [-0.39, 0.29) is 18.1 Å². The third-order valence-electron chi connectivity index (χ3n) is 5.97. The standard InChI is InChI=1S/C28H24Cl2IN3O3/c1-36-26-16-20(15-25(31)27(26)37-18-19-7-8-23(29)24(30)14-19)13-21(17-32)28(35)34-11-9-33(10-12-34)22-5-3-2-4-6-22/h2-8,13-16H,9-12,18H2,1H3/b21-13-. The Morgan fingerprint density at radius 3 is 2.43 bits per heavy atom. The molecule has 0 radical (unpaired) electrons. The van der Waals surface area contributed by atoms with Gasteiger partial charge in [0, 0.05) is 31.9 Å². The second-order valence-electron chi connectivity index (χ2n) is 8.36. The molecule has 1 fully saturated rings. The predicted octanol–water partition coefficient (Wildman–Crippen LogP) is 6.44. The second kappa shape index (κ2) is 12.5. The van der Waals surface area contributed by atoms with E-state index >= 15 is 0 Å². The van der Waals surface area contributed by atoms with Crippen LogP contribution in [0.3, 0.4) is 0 Å². The zero-order valence-electron chi connectivity index (χ0n) is 20.1. The van der Waals surface area contributed by atoms with Gasteiger partial charge in [-0.1, -0.05) is 47.5 Å². The number of benzene rings is 3. The Kier molecular flexibility index (Phi) is 9.19. The van der Waals surface area contributed by atoms with E-state index in [1.807, 2.05) is 30.3 Å². The number of halogens is 3. The van der Waals surface area contributed by atoms with Gasteiger partial charge in [-0.2, -0.15) is 5.26 Å². The molecule has 190 valence electrons. The van der Waals surface area contributed by atoms with E-state index in [1.54, 1.807) is 36.3 Å². The monoisotopic (exact) mass is 647 g/mol. The first-order valence-electron chi connectivity index (χ1n) is 11.5. The molecule has 1 saturated heterocycles. The lowest BCUT2D eigenvalue weighted by molar-refractivity contribution is -0.126. The highest BCUT2D eigenvalue weighted by Crippen LogP contribution is 2.35. The van der Waals surface area contributed by atoms with Crippen LogP contribution in [0.1, 0.15) is 11.1 Å². The Labute approximate surface area is 240 Å². The van der Waals surface area contributed by atoms with Crippen molar-refractivity contribution in [1.29, 1.82) is 5.26 Å². The molecule has 0 aromatic heterocycles. The van der Waals surface area contributed by atoms with E-state index in [4.69, 9.17) is 32.7 Å². The summed E-state index contributed by atoms with van der Waals surface area (Å²) in [7, 11) is 1.55. The third-order valence-corrected chi connectivity index (χ3v) is 7.51. The summed E-state index contributed by atoms with van der Waals surface area (Å²) in [6.45, 7) is 2.80. The lowest BCUT2D eigenvalue weighted by Crippen LogP contribution is -2.49. The van der Waals surface area contributed by atoms with Gasteiger partial charge in [0.1, 0.15) is 18.2 Å². The van der Waals surface area contributed by atoms with Gasteiger partial charge in [0.05, 0.1) is 20.7 Å². The molecular weight excluding hydrogens is 624 g/mol. The summed E-state index contributed by atoms with van der Waals surface area (Å²) >= 11 is 14.3. The van der Waals surface area contributed by atoms with Crippen LogP contribution in [0.25, 0.3) is 6.08 Å². The van der Waals surface area contributed by atoms with Gasteiger partial charge in [-0.25, -0.2) is 0 Å². The number of carbonyl (C=O) groups excluding carboxylic acids is 1. The molecule has 0 aliphatic carbocycles. The smallest absolute Gasteiger partial charge is 0.264 e. The van der Waals surface area contributed by atoms with E-state index in [9.17, 15) is 10.1 Å². The minimum absolute atomic E-state index is 0.0792. The molecule has 37 heavy (non-hydrogen) atoms. The molecule has 1 aliphatic rings. The Morgan fingerprint density at radius 1 is 1.05 bits per heavy atom. The molecule has 9 heteroatoms. The number of hydrogen-bond acceptors (Lipinski definition) is 5. The fourth-order valence-electron chi connectivity index (χ4n) is 4.03. The minimum atomic E-state index is -0.274. The lowest BCUT2D eigenvalue weighted by Gasteiger charge is -2.36. The lowest BCUT2D eigenvalue weighted by atomic mass is 10.1. The van der Waals surface area contributed by atoms with Crippen molar-refractivity contribution in [3.8, 4) is 17.6 Å². The quantitative estimate of drug-likeness (QED) is 0.168. The highest BCUT2D eigenvalue weighted by molar-refractivity contribution is 14.1. The summed E-state index contributed by atoms with van der Waals surface area (Å²) in [6, 6.07) is 21.1. The number of nitriles is 1. The molecule has 0 unspecified atom stereocenters. The van der Waals surface area contributed by atoms with Gasteiger partial charge in [0.2, 0.25) is 0 Å². The van der Waals surface area contributed by atoms with Crippen LogP contribution in [0.15, 0.2) is 66.2 Å². The third kappa shape index (κ3) is 6.69. The number of piperazine rings is 1.